The van der Waals surface area contributed by atoms with Crippen molar-refractivity contribution < 1.29 is 4.74 Å². The summed E-state index contributed by atoms with van der Waals surface area (Å²) < 4.78 is 7.68. The third-order valence-electron chi connectivity index (χ3n) is 4.16. The van der Waals surface area contributed by atoms with Crippen molar-refractivity contribution in [1.82, 2.24) is 9.55 Å². The normalized spacial score (nSPS) is 16.5. The van der Waals surface area contributed by atoms with Gasteiger partial charge in [-0.25, -0.2) is 4.98 Å². The van der Waals surface area contributed by atoms with Crippen LogP contribution in [0.25, 0.3) is 16.7 Å². The highest BCUT2D eigenvalue weighted by atomic mass is 16.5. The van der Waals surface area contributed by atoms with E-state index in [1.54, 1.807) is 10.8 Å². The fourth-order valence-electron chi connectivity index (χ4n) is 3.04. The van der Waals surface area contributed by atoms with Gasteiger partial charge in [-0.2, -0.15) is 0 Å². The molecule has 4 rings (SSSR count). The minimum absolute atomic E-state index is 0.0247. The molecular weight excluding hydrogens is 276 g/mol. The summed E-state index contributed by atoms with van der Waals surface area (Å²) in [4.78, 5) is 17.4. The highest BCUT2D eigenvalue weighted by Crippen LogP contribution is 2.34. The summed E-state index contributed by atoms with van der Waals surface area (Å²) >= 11 is 0. The van der Waals surface area contributed by atoms with E-state index in [9.17, 15) is 4.79 Å². The molecule has 1 aromatic carbocycles. The van der Waals surface area contributed by atoms with Crippen LogP contribution in [0.1, 0.15) is 18.9 Å². The first-order valence-corrected chi connectivity index (χ1v) is 7.54. The lowest BCUT2D eigenvalue weighted by Crippen LogP contribution is -2.23. The second-order valence-electron chi connectivity index (χ2n) is 5.51. The van der Waals surface area contributed by atoms with E-state index in [0.717, 1.165) is 23.1 Å². The van der Waals surface area contributed by atoms with Crippen LogP contribution in [0.2, 0.25) is 0 Å². The predicted octanol–water partition coefficient (Wildman–Crippen LogP) is 3.10. The molecule has 0 saturated heterocycles. The van der Waals surface area contributed by atoms with Gasteiger partial charge in [-0.1, -0.05) is 25.1 Å². The molecular formula is C18H16N2O2. The standard InChI is InChI=1S/C18H16N2O2/c1-2-13-11-15-16(22-13)14-9-6-10-19-17(14)20(18(15)21)12-7-4-3-5-8-12/h3-10,13H,2,11H2,1H3. The molecule has 0 aliphatic carbocycles. The molecule has 0 spiro atoms. The van der Waals surface area contributed by atoms with Crippen molar-refractivity contribution >= 4 is 11.0 Å². The second kappa shape index (κ2) is 4.98. The van der Waals surface area contributed by atoms with Gasteiger partial charge >= 0.3 is 0 Å². The lowest BCUT2D eigenvalue weighted by molar-refractivity contribution is 0.230. The number of benzene rings is 1. The van der Waals surface area contributed by atoms with Gasteiger partial charge in [0.25, 0.3) is 5.56 Å². The quantitative estimate of drug-likeness (QED) is 0.729. The first-order chi connectivity index (χ1) is 10.8. The van der Waals surface area contributed by atoms with Crippen molar-refractivity contribution in [1.29, 1.82) is 0 Å². The summed E-state index contributed by atoms with van der Waals surface area (Å²) in [5.74, 6) is 0.715. The van der Waals surface area contributed by atoms with E-state index in [4.69, 9.17) is 4.74 Å². The molecule has 1 aliphatic rings. The zero-order valence-electron chi connectivity index (χ0n) is 12.3. The number of para-hydroxylation sites is 1. The van der Waals surface area contributed by atoms with Gasteiger partial charge in [0.05, 0.1) is 16.6 Å². The number of rotatable bonds is 2. The Labute approximate surface area is 128 Å². The molecule has 4 nitrogen and oxygen atoms in total. The Morgan fingerprint density at radius 2 is 2.05 bits per heavy atom. The van der Waals surface area contributed by atoms with Gasteiger partial charge in [0.1, 0.15) is 11.9 Å². The van der Waals surface area contributed by atoms with Crippen LogP contribution in [0.5, 0.6) is 5.75 Å². The minimum Gasteiger partial charge on any atom is -0.489 e. The van der Waals surface area contributed by atoms with E-state index in [2.05, 4.69) is 11.9 Å². The van der Waals surface area contributed by atoms with Gasteiger partial charge in [-0.05, 0) is 30.7 Å². The molecule has 3 aromatic rings. The largest absolute Gasteiger partial charge is 0.489 e. The van der Waals surface area contributed by atoms with Gasteiger partial charge in [0.15, 0.2) is 5.65 Å². The number of nitrogens with zero attached hydrogens (tertiary/aromatic N) is 2. The average molecular weight is 292 g/mol. The number of hydrogen-bond acceptors (Lipinski definition) is 3. The molecule has 0 fully saturated rings. The molecule has 22 heavy (non-hydrogen) atoms. The number of hydrogen-bond donors (Lipinski definition) is 0. The smallest absolute Gasteiger partial charge is 0.263 e. The van der Waals surface area contributed by atoms with E-state index in [-0.39, 0.29) is 11.7 Å². The Hall–Kier alpha value is -2.62. The highest BCUT2D eigenvalue weighted by Gasteiger charge is 2.29. The van der Waals surface area contributed by atoms with Crippen LogP contribution in [-0.2, 0) is 6.42 Å². The fourth-order valence-corrected chi connectivity index (χ4v) is 3.04. The summed E-state index contributed by atoms with van der Waals surface area (Å²) in [7, 11) is 0. The number of ether oxygens (including phenoxy) is 1. The first kappa shape index (κ1) is 13.1. The molecule has 110 valence electrons. The number of fused-ring (bicyclic) bond motifs is 3. The molecule has 1 aliphatic heterocycles. The monoisotopic (exact) mass is 292 g/mol. The molecule has 4 heteroatoms. The van der Waals surface area contributed by atoms with Crippen LogP contribution in [-0.4, -0.2) is 15.7 Å². The van der Waals surface area contributed by atoms with Crippen molar-refractivity contribution in [2.45, 2.75) is 25.9 Å². The topological polar surface area (TPSA) is 44.1 Å². The van der Waals surface area contributed by atoms with Crippen molar-refractivity contribution in [2.75, 3.05) is 0 Å². The maximum Gasteiger partial charge on any atom is 0.263 e. The lowest BCUT2D eigenvalue weighted by atomic mass is 10.1. The molecule has 0 bridgehead atoms. The third-order valence-corrected chi connectivity index (χ3v) is 4.16. The molecule has 2 aromatic heterocycles. The molecule has 1 unspecified atom stereocenters. The van der Waals surface area contributed by atoms with Crippen molar-refractivity contribution in [3.63, 3.8) is 0 Å². The maximum atomic E-state index is 13.0. The molecule has 3 heterocycles. The molecule has 0 N–H and O–H groups in total. The van der Waals surface area contributed by atoms with E-state index in [0.29, 0.717) is 17.8 Å². The molecule has 0 saturated carbocycles. The molecule has 0 amide bonds. The Kier molecular flexibility index (Phi) is 2.96. The maximum absolute atomic E-state index is 13.0. The first-order valence-electron chi connectivity index (χ1n) is 7.54. The summed E-state index contributed by atoms with van der Waals surface area (Å²) in [6, 6.07) is 13.5. The van der Waals surface area contributed by atoms with Gasteiger partial charge in [0.2, 0.25) is 0 Å². The van der Waals surface area contributed by atoms with Gasteiger partial charge < -0.3 is 4.74 Å². The zero-order chi connectivity index (χ0) is 15.1. The summed E-state index contributed by atoms with van der Waals surface area (Å²) in [5, 5.41) is 0.900. The Balaban J connectivity index is 2.09. The van der Waals surface area contributed by atoms with Crippen LogP contribution in [0.4, 0.5) is 0 Å². The number of aromatic nitrogens is 2. The van der Waals surface area contributed by atoms with Gasteiger partial charge in [-0.15, -0.1) is 0 Å². The Bertz CT molecular complexity index is 900. The van der Waals surface area contributed by atoms with Crippen LogP contribution in [0.15, 0.2) is 53.5 Å². The Morgan fingerprint density at radius 3 is 2.82 bits per heavy atom. The Morgan fingerprint density at radius 1 is 1.23 bits per heavy atom. The molecule has 1 atom stereocenters. The SMILES string of the molecule is CCC1Cc2c(c3cccnc3n(-c3ccccc3)c2=O)O1. The minimum atomic E-state index is -0.0247. The van der Waals surface area contributed by atoms with Gasteiger partial charge in [-0.3, -0.25) is 9.36 Å². The average Bonchev–Trinajstić information content (AvgIpc) is 3.01. The van der Waals surface area contributed by atoms with Crippen molar-refractivity contribution in [2.24, 2.45) is 0 Å². The summed E-state index contributed by atoms with van der Waals surface area (Å²) in [6.07, 6.45) is 3.35. The van der Waals surface area contributed by atoms with Crippen LogP contribution in [0.3, 0.4) is 0 Å². The van der Waals surface area contributed by atoms with Crippen molar-refractivity contribution in [3.8, 4) is 11.4 Å². The third kappa shape index (κ3) is 1.84. The van der Waals surface area contributed by atoms with Crippen LogP contribution in [0, 0.1) is 0 Å². The molecule has 0 radical (unpaired) electrons. The predicted molar refractivity (Wildman–Crippen MR) is 85.8 cm³/mol. The highest BCUT2D eigenvalue weighted by molar-refractivity contribution is 5.85. The fraction of sp³-hybridized carbons (Fsp3) is 0.222. The summed E-state index contributed by atoms with van der Waals surface area (Å²) in [5.41, 5.74) is 2.22. The van der Waals surface area contributed by atoms with E-state index >= 15 is 0 Å². The summed E-state index contributed by atoms with van der Waals surface area (Å²) in [6.45, 7) is 2.08. The lowest BCUT2D eigenvalue weighted by Gasteiger charge is -2.12. The number of pyridine rings is 2. The van der Waals surface area contributed by atoms with E-state index in [1.807, 2.05) is 42.5 Å². The van der Waals surface area contributed by atoms with Crippen molar-refractivity contribution in [3.05, 3.63) is 64.6 Å². The van der Waals surface area contributed by atoms with E-state index < -0.39 is 0 Å². The van der Waals surface area contributed by atoms with Crippen LogP contribution < -0.4 is 10.3 Å². The van der Waals surface area contributed by atoms with Gasteiger partial charge in [0, 0.05) is 12.6 Å². The second-order valence-corrected chi connectivity index (χ2v) is 5.51. The van der Waals surface area contributed by atoms with E-state index in [1.165, 1.54) is 0 Å². The zero-order valence-corrected chi connectivity index (χ0v) is 12.3. The van der Waals surface area contributed by atoms with Crippen LogP contribution >= 0.6 is 0 Å².